The van der Waals surface area contributed by atoms with Gasteiger partial charge in [-0.05, 0) is 31.4 Å². The lowest BCUT2D eigenvalue weighted by Crippen LogP contribution is -2.44. The molecular weight excluding hydrogens is 454 g/mol. The van der Waals surface area contributed by atoms with Crippen molar-refractivity contribution in [3.63, 3.8) is 0 Å². The van der Waals surface area contributed by atoms with Crippen LogP contribution in [-0.2, 0) is 15.9 Å². The zero-order chi connectivity index (χ0) is 22.7. The van der Waals surface area contributed by atoms with Crippen LogP contribution in [0.4, 0.5) is 0 Å². The van der Waals surface area contributed by atoms with Gasteiger partial charge in [-0.1, -0.05) is 71.6 Å². The van der Waals surface area contributed by atoms with Crippen molar-refractivity contribution in [3.05, 3.63) is 76.5 Å². The van der Waals surface area contributed by atoms with Crippen LogP contribution in [0, 0.1) is 6.92 Å². The number of hydrogen-bond acceptors (Lipinski definition) is 7. The maximum absolute atomic E-state index is 13.4. The Hall–Kier alpha value is -2.68. The number of fused-ring (bicyclic) bond motifs is 1. The highest BCUT2D eigenvalue weighted by Crippen LogP contribution is 2.36. The van der Waals surface area contributed by atoms with Crippen molar-refractivity contribution in [2.45, 2.75) is 35.3 Å². The van der Waals surface area contributed by atoms with Gasteiger partial charge in [-0.2, -0.15) is 0 Å². The number of nitrogens with one attached hydrogen (secondary N) is 1. The minimum Gasteiger partial charge on any atom is -0.451 e. The molecule has 0 atom stereocenters. The van der Waals surface area contributed by atoms with Crippen molar-refractivity contribution in [2.24, 2.45) is 0 Å². The number of nitrogens with zero attached hydrogens (tertiary/aromatic N) is 2. The number of furan rings is 1. The lowest BCUT2D eigenvalue weighted by Gasteiger charge is -2.37. The molecule has 6 nitrogen and oxygen atoms in total. The van der Waals surface area contributed by atoms with Gasteiger partial charge in [0.1, 0.15) is 10.6 Å². The topological polar surface area (TPSA) is 77.2 Å². The molecule has 170 valence electrons. The molecule has 5 rings (SSSR count). The summed E-state index contributed by atoms with van der Waals surface area (Å²) in [5, 5.41) is 13.4. The van der Waals surface area contributed by atoms with E-state index in [2.05, 4.69) is 39.8 Å². The summed E-state index contributed by atoms with van der Waals surface area (Å²) >= 11 is 3.13. The standard InChI is InChI=1S/C25H25N3O3S2/c1-17-27-28-24(33-17)32-15-20-19-9-5-6-10-21(19)31-22(20)23(29)26-16-25(11-13-30-14-12-25)18-7-3-2-4-8-18/h2-10H,11-16H2,1H3,(H,26,29). The summed E-state index contributed by atoms with van der Waals surface area (Å²) in [6.07, 6.45) is 1.74. The molecule has 1 fully saturated rings. The fourth-order valence-electron chi connectivity index (χ4n) is 4.35. The highest BCUT2D eigenvalue weighted by atomic mass is 32.2. The minimum absolute atomic E-state index is 0.139. The van der Waals surface area contributed by atoms with Crippen LogP contribution in [-0.4, -0.2) is 35.9 Å². The Balaban J connectivity index is 1.39. The third kappa shape index (κ3) is 4.69. The summed E-state index contributed by atoms with van der Waals surface area (Å²) < 4.78 is 12.6. The van der Waals surface area contributed by atoms with Gasteiger partial charge >= 0.3 is 0 Å². The van der Waals surface area contributed by atoms with Crippen molar-refractivity contribution in [3.8, 4) is 0 Å². The van der Waals surface area contributed by atoms with Crippen molar-refractivity contribution in [1.82, 2.24) is 15.5 Å². The second kappa shape index (κ2) is 9.67. The number of ether oxygens (including phenoxy) is 1. The fraction of sp³-hybridized carbons (Fsp3) is 0.320. The highest BCUT2D eigenvalue weighted by Gasteiger charge is 2.35. The summed E-state index contributed by atoms with van der Waals surface area (Å²) in [4.78, 5) is 13.4. The number of benzene rings is 2. The third-order valence-electron chi connectivity index (χ3n) is 6.18. The second-order valence-corrected chi connectivity index (χ2v) is 10.6. The molecule has 1 saturated heterocycles. The zero-order valence-corrected chi connectivity index (χ0v) is 20.0. The Kier molecular flexibility index (Phi) is 6.48. The van der Waals surface area contributed by atoms with E-state index in [1.807, 2.05) is 37.3 Å². The number of rotatable bonds is 7. The average Bonchev–Trinajstić information content (AvgIpc) is 3.45. The molecule has 1 aliphatic heterocycles. The van der Waals surface area contributed by atoms with Crippen molar-refractivity contribution >= 4 is 40.0 Å². The molecule has 4 aromatic rings. The number of carbonyl (C=O) groups is 1. The molecule has 1 amide bonds. The van der Waals surface area contributed by atoms with E-state index in [-0.39, 0.29) is 11.3 Å². The molecule has 0 spiro atoms. The molecule has 33 heavy (non-hydrogen) atoms. The van der Waals surface area contributed by atoms with Gasteiger partial charge in [0.15, 0.2) is 10.1 Å². The number of amides is 1. The normalized spacial score (nSPS) is 15.5. The molecule has 1 N–H and O–H groups in total. The summed E-state index contributed by atoms with van der Waals surface area (Å²) in [7, 11) is 0. The molecule has 2 aromatic heterocycles. The summed E-state index contributed by atoms with van der Waals surface area (Å²) in [6, 6.07) is 18.2. The maximum Gasteiger partial charge on any atom is 0.287 e. The summed E-state index contributed by atoms with van der Waals surface area (Å²) in [5.41, 5.74) is 2.71. The van der Waals surface area contributed by atoms with Gasteiger partial charge < -0.3 is 14.5 Å². The number of thioether (sulfide) groups is 1. The quantitative estimate of drug-likeness (QED) is 0.360. The van der Waals surface area contributed by atoms with Crippen LogP contribution in [0.25, 0.3) is 11.0 Å². The van der Waals surface area contributed by atoms with Gasteiger partial charge in [0.25, 0.3) is 5.91 Å². The minimum atomic E-state index is -0.183. The van der Waals surface area contributed by atoms with Crippen molar-refractivity contribution in [1.29, 1.82) is 0 Å². The van der Waals surface area contributed by atoms with Crippen molar-refractivity contribution < 1.29 is 13.9 Å². The van der Waals surface area contributed by atoms with Crippen LogP contribution < -0.4 is 5.32 Å². The second-order valence-electron chi connectivity index (χ2n) is 8.22. The smallest absolute Gasteiger partial charge is 0.287 e. The Labute approximate surface area is 200 Å². The van der Waals surface area contributed by atoms with E-state index in [9.17, 15) is 4.79 Å². The molecule has 1 aliphatic rings. The van der Waals surface area contributed by atoms with Crippen LogP contribution in [0.1, 0.15) is 39.5 Å². The highest BCUT2D eigenvalue weighted by molar-refractivity contribution is 8.00. The van der Waals surface area contributed by atoms with Crippen LogP contribution in [0.2, 0.25) is 0 Å². The van der Waals surface area contributed by atoms with E-state index in [0.717, 1.165) is 38.7 Å². The molecule has 3 heterocycles. The first-order valence-electron chi connectivity index (χ1n) is 11.0. The number of para-hydroxylation sites is 1. The van der Waals surface area contributed by atoms with E-state index in [4.69, 9.17) is 9.15 Å². The van der Waals surface area contributed by atoms with Crippen LogP contribution in [0.15, 0.2) is 63.4 Å². The predicted octanol–water partition coefficient (Wildman–Crippen LogP) is 5.36. The number of aryl methyl sites for hydroxylation is 1. The van der Waals surface area contributed by atoms with E-state index < -0.39 is 0 Å². The Bertz CT molecular complexity index is 1250. The summed E-state index contributed by atoms with van der Waals surface area (Å²) in [5.74, 6) is 0.781. The fourth-order valence-corrected chi connectivity index (χ4v) is 6.19. The summed E-state index contributed by atoms with van der Waals surface area (Å²) in [6.45, 7) is 3.86. The van der Waals surface area contributed by atoms with Gasteiger partial charge in [0, 0.05) is 41.9 Å². The maximum atomic E-state index is 13.4. The number of carbonyl (C=O) groups excluding carboxylic acids is 1. The monoisotopic (exact) mass is 479 g/mol. The van der Waals surface area contributed by atoms with Gasteiger partial charge in [0.05, 0.1) is 0 Å². The largest absolute Gasteiger partial charge is 0.451 e. The van der Waals surface area contributed by atoms with Gasteiger partial charge in [-0.3, -0.25) is 4.79 Å². The third-order valence-corrected chi connectivity index (χ3v) is 8.17. The van der Waals surface area contributed by atoms with E-state index in [1.54, 1.807) is 23.1 Å². The number of aromatic nitrogens is 2. The predicted molar refractivity (Wildman–Crippen MR) is 131 cm³/mol. The van der Waals surface area contributed by atoms with Gasteiger partial charge in [-0.25, -0.2) is 0 Å². The Morgan fingerprint density at radius 2 is 1.85 bits per heavy atom. The molecule has 0 unspecified atom stereocenters. The Morgan fingerprint density at radius 1 is 1.09 bits per heavy atom. The first-order chi connectivity index (χ1) is 16.1. The van der Waals surface area contributed by atoms with Gasteiger partial charge in [-0.15, -0.1) is 10.2 Å². The lowest BCUT2D eigenvalue weighted by atomic mass is 9.74. The first-order valence-corrected chi connectivity index (χ1v) is 12.8. The van der Waals surface area contributed by atoms with Crippen LogP contribution >= 0.6 is 23.1 Å². The number of hydrogen-bond donors (Lipinski definition) is 1. The van der Waals surface area contributed by atoms with Crippen LogP contribution in [0.3, 0.4) is 0 Å². The molecule has 0 saturated carbocycles. The van der Waals surface area contributed by atoms with Gasteiger partial charge in [0.2, 0.25) is 0 Å². The zero-order valence-electron chi connectivity index (χ0n) is 18.4. The first kappa shape index (κ1) is 22.1. The molecule has 0 radical (unpaired) electrons. The SMILES string of the molecule is Cc1nnc(SCc2c(C(=O)NCC3(c4ccccc4)CCOCC3)oc3ccccc23)s1. The molecule has 2 aromatic carbocycles. The average molecular weight is 480 g/mol. The van der Waals surface area contributed by atoms with E-state index >= 15 is 0 Å². The van der Waals surface area contributed by atoms with Crippen LogP contribution in [0.5, 0.6) is 0 Å². The van der Waals surface area contributed by atoms with E-state index in [0.29, 0.717) is 31.3 Å². The Morgan fingerprint density at radius 3 is 2.61 bits per heavy atom. The van der Waals surface area contributed by atoms with E-state index in [1.165, 1.54) is 5.56 Å². The van der Waals surface area contributed by atoms with Crippen molar-refractivity contribution in [2.75, 3.05) is 19.8 Å². The molecule has 8 heteroatoms. The lowest BCUT2D eigenvalue weighted by molar-refractivity contribution is 0.0484. The molecule has 0 aliphatic carbocycles. The molecule has 0 bridgehead atoms. The molecular formula is C25H25N3O3S2.